The van der Waals surface area contributed by atoms with Gasteiger partial charge in [0.05, 0.1) is 11.3 Å². The Balaban J connectivity index is 1.69. The van der Waals surface area contributed by atoms with Gasteiger partial charge in [-0.2, -0.15) is 0 Å². The van der Waals surface area contributed by atoms with Crippen molar-refractivity contribution in [1.29, 1.82) is 0 Å². The van der Waals surface area contributed by atoms with Gasteiger partial charge >= 0.3 is 0 Å². The predicted octanol–water partition coefficient (Wildman–Crippen LogP) is 1.52. The van der Waals surface area contributed by atoms with Crippen molar-refractivity contribution in [2.24, 2.45) is 5.92 Å². The molecule has 2 aliphatic heterocycles. The second-order valence-electron chi connectivity index (χ2n) is 5.09. The summed E-state index contributed by atoms with van der Waals surface area (Å²) in [6.07, 6.45) is 5.97. The van der Waals surface area contributed by atoms with E-state index in [9.17, 15) is 8.42 Å². The summed E-state index contributed by atoms with van der Waals surface area (Å²) in [5.41, 5.74) is 0. The van der Waals surface area contributed by atoms with Crippen LogP contribution in [-0.4, -0.2) is 49.1 Å². The maximum absolute atomic E-state index is 10.6. The van der Waals surface area contributed by atoms with Gasteiger partial charge in [-0.1, -0.05) is 19.8 Å². The standard InChI is InChI=1S/C12H22N2O2S2/c1-2-3-4-12-14(5-6-17-12)9-11-7-13(8-11)10-18(15)16/h5-6,11-12,18H,2-4,7-10H2,1H3. The number of hydrogen-bond acceptors (Lipinski definition) is 5. The van der Waals surface area contributed by atoms with Gasteiger partial charge in [0.25, 0.3) is 0 Å². The lowest BCUT2D eigenvalue weighted by Gasteiger charge is -2.41. The number of rotatable bonds is 7. The maximum Gasteiger partial charge on any atom is 0.153 e. The fraction of sp³-hybridized carbons (Fsp3) is 0.833. The Bertz CT molecular complexity index is 357. The molecule has 0 aromatic carbocycles. The minimum absolute atomic E-state index is 0.232. The number of nitrogens with zero attached hydrogens (tertiary/aromatic N) is 2. The van der Waals surface area contributed by atoms with Crippen LogP contribution in [0.5, 0.6) is 0 Å². The average Bonchev–Trinajstić information content (AvgIpc) is 2.70. The van der Waals surface area contributed by atoms with Gasteiger partial charge in [0.1, 0.15) is 0 Å². The Morgan fingerprint density at radius 1 is 1.39 bits per heavy atom. The zero-order valence-electron chi connectivity index (χ0n) is 10.8. The first kappa shape index (κ1) is 14.2. The molecule has 1 saturated heterocycles. The largest absolute Gasteiger partial charge is 0.364 e. The van der Waals surface area contributed by atoms with Gasteiger partial charge in [-0.05, 0) is 11.8 Å². The molecule has 0 aliphatic carbocycles. The number of likely N-dealkylation sites (tertiary alicyclic amines) is 1. The van der Waals surface area contributed by atoms with Crippen LogP contribution < -0.4 is 0 Å². The van der Waals surface area contributed by atoms with E-state index in [1.165, 1.54) is 19.3 Å². The summed E-state index contributed by atoms with van der Waals surface area (Å²) in [6, 6.07) is 0. The Hall–Kier alpha value is -0.200. The molecule has 0 spiro atoms. The van der Waals surface area contributed by atoms with Gasteiger partial charge in [-0.15, -0.1) is 11.8 Å². The lowest BCUT2D eigenvalue weighted by Crippen LogP contribution is -2.51. The highest BCUT2D eigenvalue weighted by Gasteiger charge is 2.30. The predicted molar refractivity (Wildman–Crippen MR) is 77.0 cm³/mol. The molecule has 1 atom stereocenters. The minimum atomic E-state index is -2.25. The topological polar surface area (TPSA) is 40.6 Å². The summed E-state index contributed by atoms with van der Waals surface area (Å²) >= 11 is 1.91. The molecule has 0 aromatic rings. The van der Waals surface area contributed by atoms with Crippen molar-refractivity contribution in [2.45, 2.75) is 31.6 Å². The molecule has 2 rings (SSSR count). The summed E-state index contributed by atoms with van der Waals surface area (Å²) in [7, 11) is -2.25. The van der Waals surface area contributed by atoms with Gasteiger partial charge in [-0.25, -0.2) is 8.42 Å². The van der Waals surface area contributed by atoms with Crippen LogP contribution in [0.3, 0.4) is 0 Å². The average molecular weight is 290 g/mol. The van der Waals surface area contributed by atoms with Crippen molar-refractivity contribution in [2.75, 3.05) is 25.5 Å². The SMILES string of the molecule is CCCCC1SC=CN1CC1CN(C[SH](=O)=O)C1. The summed E-state index contributed by atoms with van der Waals surface area (Å²) in [6.45, 7) is 5.16. The van der Waals surface area contributed by atoms with Gasteiger partial charge in [-0.3, -0.25) is 4.90 Å². The number of thiol groups is 1. The molecule has 0 radical (unpaired) electrons. The van der Waals surface area contributed by atoms with Crippen molar-refractivity contribution in [1.82, 2.24) is 9.80 Å². The highest BCUT2D eigenvalue weighted by atomic mass is 32.2. The van der Waals surface area contributed by atoms with Crippen molar-refractivity contribution >= 4 is 22.5 Å². The van der Waals surface area contributed by atoms with E-state index >= 15 is 0 Å². The molecule has 0 amide bonds. The Morgan fingerprint density at radius 3 is 2.83 bits per heavy atom. The van der Waals surface area contributed by atoms with Crippen molar-refractivity contribution < 1.29 is 8.42 Å². The zero-order chi connectivity index (χ0) is 13.0. The molecule has 104 valence electrons. The van der Waals surface area contributed by atoms with E-state index in [0.717, 1.165) is 19.6 Å². The molecule has 2 aliphatic rings. The second-order valence-corrected chi connectivity index (χ2v) is 7.13. The van der Waals surface area contributed by atoms with Crippen LogP contribution in [0, 0.1) is 5.92 Å². The molecule has 1 unspecified atom stereocenters. The lowest BCUT2D eigenvalue weighted by atomic mass is 10.0. The smallest absolute Gasteiger partial charge is 0.153 e. The van der Waals surface area contributed by atoms with Crippen molar-refractivity contribution in [3.05, 3.63) is 11.6 Å². The minimum Gasteiger partial charge on any atom is -0.364 e. The molecule has 0 saturated carbocycles. The van der Waals surface area contributed by atoms with Crippen molar-refractivity contribution in [3.63, 3.8) is 0 Å². The van der Waals surface area contributed by atoms with E-state index in [1.807, 2.05) is 16.7 Å². The normalized spacial score (nSPS) is 25.0. The molecule has 6 heteroatoms. The summed E-state index contributed by atoms with van der Waals surface area (Å²) in [5.74, 6) is 0.864. The first-order valence-electron chi connectivity index (χ1n) is 6.61. The van der Waals surface area contributed by atoms with Crippen LogP contribution >= 0.6 is 11.8 Å². The van der Waals surface area contributed by atoms with Crippen LogP contribution in [0.1, 0.15) is 26.2 Å². The molecule has 0 aromatic heterocycles. The Morgan fingerprint density at radius 2 is 2.17 bits per heavy atom. The van der Waals surface area contributed by atoms with Crippen LogP contribution in [-0.2, 0) is 10.7 Å². The van der Waals surface area contributed by atoms with Gasteiger partial charge in [0.15, 0.2) is 10.7 Å². The molecule has 4 nitrogen and oxygen atoms in total. The van der Waals surface area contributed by atoms with E-state index in [1.54, 1.807) is 0 Å². The third kappa shape index (κ3) is 3.90. The molecular formula is C12H22N2O2S2. The van der Waals surface area contributed by atoms with Crippen LogP contribution in [0.25, 0.3) is 0 Å². The van der Waals surface area contributed by atoms with E-state index in [4.69, 9.17) is 0 Å². The molecule has 1 fully saturated rings. The van der Waals surface area contributed by atoms with Crippen LogP contribution in [0.15, 0.2) is 11.6 Å². The number of hydrogen-bond donors (Lipinski definition) is 1. The molecular weight excluding hydrogens is 268 g/mol. The molecule has 0 N–H and O–H groups in total. The third-order valence-corrected chi connectivity index (χ3v) is 5.21. The number of thioether (sulfide) groups is 1. The monoisotopic (exact) mass is 290 g/mol. The highest BCUT2D eigenvalue weighted by molar-refractivity contribution is 8.02. The van der Waals surface area contributed by atoms with E-state index < -0.39 is 10.7 Å². The summed E-state index contributed by atoms with van der Waals surface area (Å²) in [5, 5.41) is 2.79. The summed E-state index contributed by atoms with van der Waals surface area (Å²) < 4.78 is 21.2. The zero-order valence-corrected chi connectivity index (χ0v) is 12.5. The fourth-order valence-electron chi connectivity index (χ4n) is 2.54. The summed E-state index contributed by atoms with van der Waals surface area (Å²) in [4.78, 5) is 4.43. The van der Waals surface area contributed by atoms with Gasteiger partial charge in [0, 0.05) is 31.8 Å². The van der Waals surface area contributed by atoms with E-state index in [-0.39, 0.29) is 5.88 Å². The first-order valence-corrected chi connectivity index (χ1v) is 8.91. The van der Waals surface area contributed by atoms with Crippen molar-refractivity contribution in [3.8, 4) is 0 Å². The van der Waals surface area contributed by atoms with E-state index in [0.29, 0.717) is 11.3 Å². The molecule has 18 heavy (non-hydrogen) atoms. The third-order valence-electron chi connectivity index (χ3n) is 3.48. The van der Waals surface area contributed by atoms with Crippen LogP contribution in [0.4, 0.5) is 0 Å². The molecule has 2 heterocycles. The second kappa shape index (κ2) is 6.82. The lowest BCUT2D eigenvalue weighted by molar-refractivity contribution is 0.0956. The fourth-order valence-corrected chi connectivity index (χ4v) is 4.12. The van der Waals surface area contributed by atoms with Crippen LogP contribution in [0.2, 0.25) is 0 Å². The first-order chi connectivity index (χ1) is 8.69. The maximum atomic E-state index is 10.6. The highest BCUT2D eigenvalue weighted by Crippen LogP contribution is 2.31. The quantitative estimate of drug-likeness (QED) is 0.720. The van der Waals surface area contributed by atoms with Gasteiger partial charge in [0.2, 0.25) is 0 Å². The number of unbranched alkanes of at least 4 members (excludes halogenated alkanes) is 1. The van der Waals surface area contributed by atoms with Gasteiger partial charge < -0.3 is 4.90 Å². The Kier molecular flexibility index (Phi) is 5.38. The molecule has 0 bridgehead atoms. The van der Waals surface area contributed by atoms with E-state index in [2.05, 4.69) is 23.4 Å². The Labute approximate surface area is 115 Å².